The predicted molar refractivity (Wildman–Crippen MR) is 99.3 cm³/mol. The Balaban J connectivity index is 1.56. The Morgan fingerprint density at radius 3 is 2.67 bits per heavy atom. The van der Waals surface area contributed by atoms with E-state index >= 15 is 0 Å². The predicted octanol–water partition coefficient (Wildman–Crippen LogP) is 3.86. The highest BCUT2D eigenvalue weighted by atomic mass is 16.2. The maximum Gasteiger partial charge on any atom is 0.238 e. The van der Waals surface area contributed by atoms with Crippen LogP contribution in [0.2, 0.25) is 0 Å². The van der Waals surface area contributed by atoms with Crippen LogP contribution in [-0.4, -0.2) is 24.4 Å². The van der Waals surface area contributed by atoms with Gasteiger partial charge in [-0.15, -0.1) is 0 Å². The standard InChI is InChI=1S/C21H26N2O/c1-15-7-8-19(16(2)11-15)13-23(3)14-21(24)22-20-10-9-17-5-4-6-18(17)12-20/h7-12H,4-6,13-14H2,1-3H3,(H,22,24). The quantitative estimate of drug-likeness (QED) is 0.906. The van der Waals surface area contributed by atoms with Crippen molar-refractivity contribution in [2.75, 3.05) is 18.9 Å². The van der Waals surface area contributed by atoms with E-state index in [2.05, 4.69) is 54.4 Å². The third kappa shape index (κ3) is 4.04. The molecule has 1 aliphatic rings. The van der Waals surface area contributed by atoms with E-state index in [9.17, 15) is 4.79 Å². The topological polar surface area (TPSA) is 32.3 Å². The number of nitrogens with zero attached hydrogens (tertiary/aromatic N) is 1. The Kier molecular flexibility index (Phi) is 5.00. The zero-order chi connectivity index (χ0) is 17.1. The lowest BCUT2D eigenvalue weighted by Gasteiger charge is -2.18. The summed E-state index contributed by atoms with van der Waals surface area (Å²) in [7, 11) is 1.99. The Bertz CT molecular complexity index is 751. The fraction of sp³-hybridized carbons (Fsp3) is 0.381. The highest BCUT2D eigenvalue weighted by Crippen LogP contribution is 2.24. The second kappa shape index (κ2) is 7.18. The number of nitrogens with one attached hydrogen (secondary N) is 1. The molecule has 0 fully saturated rings. The number of aryl methyl sites for hydroxylation is 4. The van der Waals surface area contributed by atoms with Crippen molar-refractivity contribution in [3.8, 4) is 0 Å². The molecule has 0 spiro atoms. The number of hydrogen-bond acceptors (Lipinski definition) is 2. The maximum absolute atomic E-state index is 12.3. The molecule has 2 aromatic rings. The van der Waals surface area contributed by atoms with Gasteiger partial charge in [0.25, 0.3) is 0 Å². The van der Waals surface area contributed by atoms with Crippen molar-refractivity contribution < 1.29 is 4.79 Å². The lowest BCUT2D eigenvalue weighted by atomic mass is 10.1. The molecule has 0 aromatic heterocycles. The van der Waals surface area contributed by atoms with Crippen LogP contribution in [0.1, 0.15) is 34.2 Å². The SMILES string of the molecule is Cc1ccc(CN(C)CC(=O)Nc2ccc3c(c2)CCC3)c(C)c1. The first-order chi connectivity index (χ1) is 11.5. The lowest BCUT2D eigenvalue weighted by molar-refractivity contribution is -0.117. The van der Waals surface area contributed by atoms with Gasteiger partial charge in [0.2, 0.25) is 5.91 Å². The number of amides is 1. The zero-order valence-electron chi connectivity index (χ0n) is 14.9. The summed E-state index contributed by atoms with van der Waals surface area (Å²) in [5.74, 6) is 0.0419. The molecule has 0 heterocycles. The third-order valence-corrected chi connectivity index (χ3v) is 4.73. The van der Waals surface area contributed by atoms with Crippen LogP contribution >= 0.6 is 0 Å². The van der Waals surface area contributed by atoms with Gasteiger partial charge < -0.3 is 5.32 Å². The second-order valence-electron chi connectivity index (χ2n) is 6.99. The summed E-state index contributed by atoms with van der Waals surface area (Å²) >= 11 is 0. The summed E-state index contributed by atoms with van der Waals surface area (Å²) in [5, 5.41) is 3.03. The van der Waals surface area contributed by atoms with E-state index in [0.29, 0.717) is 6.54 Å². The van der Waals surface area contributed by atoms with E-state index in [4.69, 9.17) is 0 Å². The van der Waals surface area contributed by atoms with Crippen molar-refractivity contribution in [1.29, 1.82) is 0 Å². The van der Waals surface area contributed by atoms with Crippen LogP contribution in [-0.2, 0) is 24.2 Å². The molecule has 2 aromatic carbocycles. The van der Waals surface area contributed by atoms with Gasteiger partial charge in [0.05, 0.1) is 6.54 Å². The minimum Gasteiger partial charge on any atom is -0.325 e. The largest absolute Gasteiger partial charge is 0.325 e. The molecule has 0 aliphatic heterocycles. The number of fused-ring (bicyclic) bond motifs is 1. The minimum absolute atomic E-state index is 0.0419. The Labute approximate surface area is 144 Å². The van der Waals surface area contributed by atoms with Gasteiger partial charge in [-0.05, 0) is 74.5 Å². The van der Waals surface area contributed by atoms with Crippen LogP contribution in [0.3, 0.4) is 0 Å². The number of hydrogen-bond donors (Lipinski definition) is 1. The van der Waals surface area contributed by atoms with Gasteiger partial charge in [-0.2, -0.15) is 0 Å². The van der Waals surface area contributed by atoms with Gasteiger partial charge in [-0.25, -0.2) is 0 Å². The summed E-state index contributed by atoms with van der Waals surface area (Å²) in [6.45, 7) is 5.40. The molecular weight excluding hydrogens is 296 g/mol. The molecule has 0 saturated heterocycles. The molecule has 1 aliphatic carbocycles. The van der Waals surface area contributed by atoms with Crippen LogP contribution in [0.15, 0.2) is 36.4 Å². The van der Waals surface area contributed by atoms with Gasteiger partial charge in [0.1, 0.15) is 0 Å². The summed E-state index contributed by atoms with van der Waals surface area (Å²) in [4.78, 5) is 14.4. The maximum atomic E-state index is 12.3. The Morgan fingerprint density at radius 2 is 1.88 bits per heavy atom. The first kappa shape index (κ1) is 16.7. The first-order valence-corrected chi connectivity index (χ1v) is 8.67. The van der Waals surface area contributed by atoms with E-state index in [1.165, 1.54) is 40.7 Å². The molecule has 0 atom stereocenters. The van der Waals surface area contributed by atoms with Crippen molar-refractivity contribution in [3.05, 3.63) is 64.2 Å². The van der Waals surface area contributed by atoms with Crippen LogP contribution in [0, 0.1) is 13.8 Å². The molecule has 3 nitrogen and oxygen atoms in total. The van der Waals surface area contributed by atoms with Crippen LogP contribution in [0.25, 0.3) is 0 Å². The van der Waals surface area contributed by atoms with Gasteiger partial charge in [0, 0.05) is 12.2 Å². The van der Waals surface area contributed by atoms with Crippen molar-refractivity contribution in [2.24, 2.45) is 0 Å². The van der Waals surface area contributed by atoms with Crippen LogP contribution in [0.5, 0.6) is 0 Å². The highest BCUT2D eigenvalue weighted by molar-refractivity contribution is 5.92. The average Bonchev–Trinajstić information content (AvgIpc) is 2.97. The molecular formula is C21H26N2O. The van der Waals surface area contributed by atoms with Crippen LogP contribution in [0.4, 0.5) is 5.69 Å². The number of carbonyl (C=O) groups is 1. The highest BCUT2D eigenvalue weighted by Gasteiger charge is 2.13. The normalized spacial score (nSPS) is 13.2. The number of anilines is 1. The summed E-state index contributed by atoms with van der Waals surface area (Å²) in [6, 6.07) is 12.8. The molecule has 0 bridgehead atoms. The Hall–Kier alpha value is -2.13. The average molecular weight is 322 g/mol. The fourth-order valence-corrected chi connectivity index (χ4v) is 3.47. The number of carbonyl (C=O) groups excluding carboxylic acids is 1. The van der Waals surface area contributed by atoms with Gasteiger partial charge in [-0.3, -0.25) is 9.69 Å². The third-order valence-electron chi connectivity index (χ3n) is 4.73. The first-order valence-electron chi connectivity index (χ1n) is 8.67. The van der Waals surface area contributed by atoms with E-state index in [1.54, 1.807) is 0 Å². The second-order valence-corrected chi connectivity index (χ2v) is 6.99. The van der Waals surface area contributed by atoms with Crippen LogP contribution < -0.4 is 5.32 Å². The Morgan fingerprint density at radius 1 is 1.08 bits per heavy atom. The monoisotopic (exact) mass is 322 g/mol. The molecule has 24 heavy (non-hydrogen) atoms. The number of benzene rings is 2. The molecule has 0 saturated carbocycles. The zero-order valence-corrected chi connectivity index (χ0v) is 14.9. The molecule has 126 valence electrons. The summed E-state index contributed by atoms with van der Waals surface area (Å²) in [5.41, 5.74) is 7.56. The number of likely N-dealkylation sites (N-methyl/N-ethyl adjacent to an activating group) is 1. The number of rotatable bonds is 5. The van der Waals surface area contributed by atoms with Gasteiger partial charge in [-0.1, -0.05) is 29.8 Å². The molecule has 0 radical (unpaired) electrons. The van der Waals surface area contributed by atoms with Gasteiger partial charge in [0.15, 0.2) is 0 Å². The lowest BCUT2D eigenvalue weighted by Crippen LogP contribution is -2.30. The fourth-order valence-electron chi connectivity index (χ4n) is 3.47. The molecule has 1 N–H and O–H groups in total. The molecule has 1 amide bonds. The van der Waals surface area contributed by atoms with E-state index in [-0.39, 0.29) is 5.91 Å². The molecule has 3 heteroatoms. The van der Waals surface area contributed by atoms with E-state index in [1.807, 2.05) is 13.1 Å². The van der Waals surface area contributed by atoms with Gasteiger partial charge >= 0.3 is 0 Å². The van der Waals surface area contributed by atoms with Crippen molar-refractivity contribution >= 4 is 11.6 Å². The molecule has 3 rings (SSSR count). The van der Waals surface area contributed by atoms with Crippen molar-refractivity contribution in [2.45, 2.75) is 39.7 Å². The summed E-state index contributed by atoms with van der Waals surface area (Å²) < 4.78 is 0. The molecule has 0 unspecified atom stereocenters. The smallest absolute Gasteiger partial charge is 0.238 e. The van der Waals surface area contributed by atoms with E-state index < -0.39 is 0 Å². The summed E-state index contributed by atoms with van der Waals surface area (Å²) in [6.07, 6.45) is 3.53. The van der Waals surface area contributed by atoms with Crippen molar-refractivity contribution in [3.63, 3.8) is 0 Å². The van der Waals surface area contributed by atoms with E-state index in [0.717, 1.165) is 18.7 Å². The minimum atomic E-state index is 0.0419. The van der Waals surface area contributed by atoms with Crippen molar-refractivity contribution in [1.82, 2.24) is 4.90 Å².